The van der Waals surface area contributed by atoms with Crippen molar-refractivity contribution in [2.75, 3.05) is 13.1 Å². The lowest BCUT2D eigenvalue weighted by atomic mass is 9.54. The van der Waals surface area contributed by atoms with Crippen LogP contribution in [0.5, 0.6) is 0 Å². The van der Waals surface area contributed by atoms with Crippen LogP contribution >= 0.6 is 0 Å². The van der Waals surface area contributed by atoms with Crippen LogP contribution in [-0.4, -0.2) is 29.4 Å². The molecule has 1 amide bonds. The first-order valence-corrected chi connectivity index (χ1v) is 9.18. The van der Waals surface area contributed by atoms with Crippen molar-refractivity contribution in [1.82, 2.24) is 4.90 Å². The van der Waals surface area contributed by atoms with E-state index in [1.807, 2.05) is 0 Å². The van der Waals surface area contributed by atoms with Crippen molar-refractivity contribution >= 4 is 5.91 Å². The summed E-state index contributed by atoms with van der Waals surface area (Å²) in [6.45, 7) is 4.66. The van der Waals surface area contributed by atoms with Gasteiger partial charge in [0, 0.05) is 5.54 Å². The molecule has 2 unspecified atom stereocenters. The van der Waals surface area contributed by atoms with Gasteiger partial charge in [0.25, 0.3) is 0 Å². The summed E-state index contributed by atoms with van der Waals surface area (Å²) >= 11 is 0. The number of rotatable bonds is 3. The molecule has 1 heterocycles. The van der Waals surface area contributed by atoms with E-state index in [4.69, 9.17) is 5.73 Å². The van der Waals surface area contributed by atoms with Crippen molar-refractivity contribution in [1.29, 1.82) is 0 Å². The molecule has 3 heteroatoms. The van der Waals surface area contributed by atoms with E-state index in [2.05, 4.69) is 11.8 Å². The summed E-state index contributed by atoms with van der Waals surface area (Å²) in [5.74, 6) is 0.450. The summed E-state index contributed by atoms with van der Waals surface area (Å²) < 4.78 is 0. The maximum atomic E-state index is 12.7. The Kier molecular flexibility index (Phi) is 4.31. The second kappa shape index (κ2) is 5.91. The van der Waals surface area contributed by atoms with Crippen LogP contribution in [0.1, 0.15) is 77.6 Å². The molecule has 0 aromatic heterocycles. The highest BCUT2D eigenvalue weighted by molar-refractivity contribution is 5.83. The molecule has 21 heavy (non-hydrogen) atoms. The van der Waals surface area contributed by atoms with Gasteiger partial charge < -0.3 is 5.73 Å². The number of hydrogen-bond donors (Lipinski definition) is 1. The van der Waals surface area contributed by atoms with Crippen molar-refractivity contribution in [3.63, 3.8) is 0 Å². The Morgan fingerprint density at radius 2 is 1.57 bits per heavy atom. The molecule has 1 aliphatic heterocycles. The zero-order chi connectivity index (χ0) is 14.9. The van der Waals surface area contributed by atoms with Gasteiger partial charge in [-0.25, -0.2) is 0 Å². The van der Waals surface area contributed by atoms with Gasteiger partial charge in [0.05, 0.1) is 5.41 Å². The zero-order valence-electron chi connectivity index (χ0n) is 13.7. The number of likely N-dealkylation sites (tertiary alicyclic amines) is 1. The third-order valence-corrected chi connectivity index (χ3v) is 6.96. The van der Waals surface area contributed by atoms with Gasteiger partial charge in [-0.05, 0) is 57.5 Å². The van der Waals surface area contributed by atoms with Crippen LogP contribution in [0.4, 0.5) is 0 Å². The zero-order valence-corrected chi connectivity index (χ0v) is 13.7. The quantitative estimate of drug-likeness (QED) is 0.866. The summed E-state index contributed by atoms with van der Waals surface area (Å²) in [5, 5.41) is 0. The molecule has 0 aromatic rings. The third kappa shape index (κ3) is 2.23. The Labute approximate surface area is 129 Å². The highest BCUT2D eigenvalue weighted by atomic mass is 16.1. The SMILES string of the molecule is CC1CCCCC1(C(N)=O)C1(N2CCCCC2)CCCC1. The van der Waals surface area contributed by atoms with Crippen LogP contribution in [0, 0.1) is 11.3 Å². The fourth-order valence-corrected chi connectivity index (χ4v) is 5.96. The van der Waals surface area contributed by atoms with Gasteiger partial charge in [0.1, 0.15) is 0 Å². The molecule has 0 bridgehead atoms. The lowest BCUT2D eigenvalue weighted by Gasteiger charge is -2.58. The van der Waals surface area contributed by atoms with Gasteiger partial charge in [-0.15, -0.1) is 0 Å². The topological polar surface area (TPSA) is 46.3 Å². The van der Waals surface area contributed by atoms with Gasteiger partial charge in [-0.2, -0.15) is 0 Å². The van der Waals surface area contributed by atoms with E-state index in [0.717, 1.165) is 6.42 Å². The Balaban J connectivity index is 2.02. The largest absolute Gasteiger partial charge is 0.369 e. The normalized spacial score (nSPS) is 37.5. The molecule has 0 radical (unpaired) electrons. The van der Waals surface area contributed by atoms with Crippen molar-refractivity contribution in [3.8, 4) is 0 Å². The molecule has 3 nitrogen and oxygen atoms in total. The number of carbonyl (C=O) groups excluding carboxylic acids is 1. The van der Waals surface area contributed by atoms with Crippen LogP contribution in [0.2, 0.25) is 0 Å². The van der Waals surface area contributed by atoms with Crippen LogP contribution < -0.4 is 5.73 Å². The summed E-state index contributed by atoms with van der Waals surface area (Å²) in [5.41, 5.74) is 5.92. The average Bonchev–Trinajstić information content (AvgIpc) is 2.99. The Bertz CT molecular complexity index is 383. The second-order valence-electron chi connectivity index (χ2n) is 7.77. The van der Waals surface area contributed by atoms with Crippen LogP contribution in [0.3, 0.4) is 0 Å². The molecule has 0 spiro atoms. The number of amides is 1. The van der Waals surface area contributed by atoms with Gasteiger partial charge in [0.15, 0.2) is 0 Å². The minimum Gasteiger partial charge on any atom is -0.369 e. The summed E-state index contributed by atoms with van der Waals surface area (Å²) in [6.07, 6.45) is 13.5. The van der Waals surface area contributed by atoms with E-state index in [-0.39, 0.29) is 16.9 Å². The average molecular weight is 292 g/mol. The molecule has 3 rings (SSSR count). The highest BCUT2D eigenvalue weighted by Crippen LogP contribution is 2.57. The molecule has 2 atom stereocenters. The van der Waals surface area contributed by atoms with E-state index in [1.54, 1.807) is 0 Å². The molecule has 3 fully saturated rings. The summed E-state index contributed by atoms with van der Waals surface area (Å²) in [6, 6.07) is 0. The van der Waals surface area contributed by atoms with Gasteiger partial charge in [-0.3, -0.25) is 9.69 Å². The monoisotopic (exact) mass is 292 g/mol. The standard InChI is InChI=1S/C18H32N2O/c1-15-9-3-4-12-18(15,16(19)21)17(10-5-6-11-17)20-13-7-2-8-14-20/h15H,2-14H2,1H3,(H2,19,21). The summed E-state index contributed by atoms with van der Waals surface area (Å²) in [4.78, 5) is 15.4. The van der Waals surface area contributed by atoms with Crippen LogP contribution in [-0.2, 0) is 4.79 Å². The second-order valence-corrected chi connectivity index (χ2v) is 7.77. The molecular formula is C18H32N2O. The molecule has 3 aliphatic rings. The molecule has 0 aromatic carbocycles. The Morgan fingerprint density at radius 1 is 0.952 bits per heavy atom. The maximum Gasteiger partial charge on any atom is 0.225 e. The molecular weight excluding hydrogens is 260 g/mol. The molecule has 120 valence electrons. The highest BCUT2D eigenvalue weighted by Gasteiger charge is 2.61. The first kappa shape index (κ1) is 15.3. The molecule has 2 saturated carbocycles. The van der Waals surface area contributed by atoms with E-state index >= 15 is 0 Å². The summed E-state index contributed by atoms with van der Waals surface area (Å²) in [7, 11) is 0. The van der Waals surface area contributed by atoms with Gasteiger partial charge in [0.2, 0.25) is 5.91 Å². The number of nitrogens with zero attached hydrogens (tertiary/aromatic N) is 1. The predicted molar refractivity (Wildman–Crippen MR) is 85.9 cm³/mol. The number of piperidine rings is 1. The van der Waals surface area contributed by atoms with E-state index in [9.17, 15) is 4.79 Å². The first-order valence-electron chi connectivity index (χ1n) is 9.18. The fraction of sp³-hybridized carbons (Fsp3) is 0.944. The van der Waals surface area contributed by atoms with Gasteiger partial charge >= 0.3 is 0 Å². The van der Waals surface area contributed by atoms with Gasteiger partial charge in [-0.1, -0.05) is 39.0 Å². The van der Waals surface area contributed by atoms with E-state index in [1.165, 1.54) is 77.3 Å². The van der Waals surface area contributed by atoms with Crippen molar-refractivity contribution in [3.05, 3.63) is 0 Å². The van der Waals surface area contributed by atoms with Crippen LogP contribution in [0.15, 0.2) is 0 Å². The maximum absolute atomic E-state index is 12.7. The first-order chi connectivity index (χ1) is 10.1. The lowest BCUT2D eigenvalue weighted by Crippen LogP contribution is -2.67. The smallest absolute Gasteiger partial charge is 0.225 e. The predicted octanol–water partition coefficient (Wildman–Crippen LogP) is 3.47. The molecule has 2 aliphatic carbocycles. The van der Waals surface area contributed by atoms with E-state index < -0.39 is 0 Å². The van der Waals surface area contributed by atoms with E-state index in [0.29, 0.717) is 5.92 Å². The minimum absolute atomic E-state index is 0.00201. The third-order valence-electron chi connectivity index (χ3n) is 6.96. The Hall–Kier alpha value is -0.570. The molecule has 1 saturated heterocycles. The van der Waals surface area contributed by atoms with Crippen molar-refractivity contribution < 1.29 is 4.79 Å². The lowest BCUT2D eigenvalue weighted by molar-refractivity contribution is -0.152. The van der Waals surface area contributed by atoms with Crippen molar-refractivity contribution in [2.24, 2.45) is 17.1 Å². The van der Waals surface area contributed by atoms with Crippen LogP contribution in [0.25, 0.3) is 0 Å². The minimum atomic E-state index is -0.265. The number of primary amides is 1. The number of hydrogen-bond acceptors (Lipinski definition) is 2. The number of carbonyl (C=O) groups is 1. The number of nitrogens with two attached hydrogens (primary N) is 1. The van der Waals surface area contributed by atoms with Crippen molar-refractivity contribution in [2.45, 2.75) is 83.1 Å². The Morgan fingerprint density at radius 3 is 2.14 bits per heavy atom. The molecule has 2 N–H and O–H groups in total. The fourth-order valence-electron chi connectivity index (χ4n) is 5.96.